The first kappa shape index (κ1) is 13.2. The topological polar surface area (TPSA) is 125 Å². The summed E-state index contributed by atoms with van der Waals surface area (Å²) in [5.41, 5.74) is 5.29. The molecule has 1 heterocycles. The number of allylic oxidation sites excluding steroid dienone is 1. The van der Waals surface area contributed by atoms with Crippen LogP contribution in [0.4, 0.5) is 0 Å². The smallest absolute Gasteiger partial charge is 0.355 e. The fraction of sp³-hybridized carbons (Fsp3) is 0.500. The molecule has 5 N–H and O–H groups in total. The predicted octanol–water partition coefficient (Wildman–Crippen LogP) is -0.114. The molecule has 1 atom stereocenters. The Morgan fingerprint density at radius 1 is 1.35 bits per heavy atom. The Morgan fingerprint density at radius 3 is 2.29 bits per heavy atom. The summed E-state index contributed by atoms with van der Waals surface area (Å²) in [6, 6.07) is 0. The Morgan fingerprint density at radius 2 is 1.94 bits per heavy atom. The van der Waals surface area contributed by atoms with Gasteiger partial charge in [-0.2, -0.15) is 0 Å². The summed E-state index contributed by atoms with van der Waals surface area (Å²) in [6.07, 6.45) is 0.688. The zero-order valence-electron chi connectivity index (χ0n) is 9.65. The standard InChI is InChI=1S/C10H15N3O4/c1-3-5-6(8(14)15)7(9(16)17)13-10(11,4-2)12-5/h12H,3-4,11H2,1-2H3,(H,14,15)(H,16,17). The van der Waals surface area contributed by atoms with Crippen LogP contribution < -0.4 is 11.1 Å². The second-order valence-corrected chi connectivity index (χ2v) is 3.68. The molecule has 0 aromatic heterocycles. The van der Waals surface area contributed by atoms with Crippen LogP contribution in [0.1, 0.15) is 26.7 Å². The molecule has 0 bridgehead atoms. The van der Waals surface area contributed by atoms with E-state index in [9.17, 15) is 9.59 Å². The van der Waals surface area contributed by atoms with E-state index in [1.807, 2.05) is 0 Å². The minimum absolute atomic E-state index is 0.286. The maximum absolute atomic E-state index is 11.1. The molecular weight excluding hydrogens is 226 g/mol. The summed E-state index contributed by atoms with van der Waals surface area (Å²) < 4.78 is 0. The highest BCUT2D eigenvalue weighted by Crippen LogP contribution is 2.21. The molecule has 1 aliphatic rings. The van der Waals surface area contributed by atoms with Gasteiger partial charge in [0.15, 0.2) is 11.5 Å². The van der Waals surface area contributed by atoms with Crippen LogP contribution in [0.25, 0.3) is 0 Å². The highest BCUT2D eigenvalue weighted by atomic mass is 16.4. The van der Waals surface area contributed by atoms with Crippen LogP contribution in [-0.4, -0.2) is 33.7 Å². The Kier molecular flexibility index (Phi) is 3.52. The maximum Gasteiger partial charge on any atom is 0.355 e. The van der Waals surface area contributed by atoms with Crippen LogP contribution in [-0.2, 0) is 9.59 Å². The molecule has 0 saturated carbocycles. The van der Waals surface area contributed by atoms with Gasteiger partial charge in [-0.15, -0.1) is 0 Å². The number of carboxylic acid groups (broad SMARTS) is 2. The van der Waals surface area contributed by atoms with Gasteiger partial charge in [-0.25, -0.2) is 14.6 Å². The molecule has 0 aromatic carbocycles. The fourth-order valence-corrected chi connectivity index (χ4v) is 1.57. The molecule has 7 heteroatoms. The van der Waals surface area contributed by atoms with Crippen LogP contribution in [0, 0.1) is 0 Å². The van der Waals surface area contributed by atoms with Gasteiger partial charge in [0, 0.05) is 12.1 Å². The molecule has 1 unspecified atom stereocenters. The van der Waals surface area contributed by atoms with Crippen molar-refractivity contribution >= 4 is 17.7 Å². The van der Waals surface area contributed by atoms with Gasteiger partial charge in [-0.3, -0.25) is 5.73 Å². The SMILES string of the molecule is CCC1=C(C(=O)O)C(C(=O)O)=NC(N)(CC)N1. The third-order valence-electron chi connectivity index (χ3n) is 2.53. The minimum Gasteiger partial charge on any atom is -0.478 e. The number of nitrogens with two attached hydrogens (primary N) is 1. The number of hydrogen-bond donors (Lipinski definition) is 4. The second-order valence-electron chi connectivity index (χ2n) is 3.68. The van der Waals surface area contributed by atoms with E-state index >= 15 is 0 Å². The molecule has 94 valence electrons. The van der Waals surface area contributed by atoms with Crippen LogP contribution in [0.15, 0.2) is 16.3 Å². The van der Waals surface area contributed by atoms with E-state index < -0.39 is 23.4 Å². The van der Waals surface area contributed by atoms with Crippen molar-refractivity contribution in [3.8, 4) is 0 Å². The summed E-state index contributed by atoms with van der Waals surface area (Å²) in [7, 11) is 0. The fourth-order valence-electron chi connectivity index (χ4n) is 1.57. The lowest BCUT2D eigenvalue weighted by molar-refractivity contribution is -0.134. The van der Waals surface area contributed by atoms with E-state index in [1.165, 1.54) is 0 Å². The first-order chi connectivity index (χ1) is 7.84. The summed E-state index contributed by atoms with van der Waals surface area (Å²) >= 11 is 0. The number of rotatable bonds is 4. The van der Waals surface area contributed by atoms with Crippen LogP contribution in [0.5, 0.6) is 0 Å². The summed E-state index contributed by atoms with van der Waals surface area (Å²) in [6.45, 7) is 3.45. The largest absolute Gasteiger partial charge is 0.478 e. The lowest BCUT2D eigenvalue weighted by Gasteiger charge is -2.32. The number of carbonyl (C=O) groups is 2. The number of hydrogen-bond acceptors (Lipinski definition) is 5. The lowest BCUT2D eigenvalue weighted by Crippen LogP contribution is -2.55. The first-order valence-electron chi connectivity index (χ1n) is 5.21. The zero-order chi connectivity index (χ0) is 13.2. The molecule has 0 aliphatic carbocycles. The van der Waals surface area contributed by atoms with Crippen LogP contribution in [0.2, 0.25) is 0 Å². The average molecular weight is 241 g/mol. The molecule has 0 spiro atoms. The maximum atomic E-state index is 11.1. The van der Waals surface area contributed by atoms with Gasteiger partial charge >= 0.3 is 11.9 Å². The molecule has 1 rings (SSSR count). The zero-order valence-corrected chi connectivity index (χ0v) is 9.65. The van der Waals surface area contributed by atoms with E-state index in [0.29, 0.717) is 12.8 Å². The van der Waals surface area contributed by atoms with Crippen molar-refractivity contribution in [1.82, 2.24) is 5.32 Å². The molecule has 17 heavy (non-hydrogen) atoms. The van der Waals surface area contributed by atoms with Crippen molar-refractivity contribution < 1.29 is 19.8 Å². The Labute approximate surface area is 98.0 Å². The number of nitrogens with zero attached hydrogens (tertiary/aromatic N) is 1. The van der Waals surface area contributed by atoms with E-state index in [1.54, 1.807) is 13.8 Å². The predicted molar refractivity (Wildman–Crippen MR) is 60.4 cm³/mol. The van der Waals surface area contributed by atoms with Gasteiger partial charge in [0.05, 0.1) is 0 Å². The quantitative estimate of drug-likeness (QED) is 0.544. The van der Waals surface area contributed by atoms with Gasteiger partial charge in [0.2, 0.25) is 0 Å². The number of aliphatic imine (C=N–C) groups is 1. The van der Waals surface area contributed by atoms with Crippen molar-refractivity contribution in [2.45, 2.75) is 32.5 Å². The third-order valence-corrected chi connectivity index (χ3v) is 2.53. The average Bonchev–Trinajstić information content (AvgIpc) is 2.27. The highest BCUT2D eigenvalue weighted by molar-refractivity contribution is 6.48. The second kappa shape index (κ2) is 4.54. The summed E-state index contributed by atoms with van der Waals surface area (Å²) in [5, 5.41) is 20.8. The van der Waals surface area contributed by atoms with E-state index in [2.05, 4.69) is 10.3 Å². The van der Waals surface area contributed by atoms with Crippen LogP contribution >= 0.6 is 0 Å². The molecule has 0 aromatic rings. The van der Waals surface area contributed by atoms with Crippen LogP contribution in [0.3, 0.4) is 0 Å². The molecule has 0 fully saturated rings. The number of nitrogens with one attached hydrogen (secondary N) is 1. The molecule has 1 aliphatic heterocycles. The Hall–Kier alpha value is -1.89. The minimum atomic E-state index is -1.39. The summed E-state index contributed by atoms with van der Waals surface area (Å²) in [5.74, 6) is -3.97. The highest BCUT2D eigenvalue weighted by Gasteiger charge is 2.36. The molecule has 0 amide bonds. The van der Waals surface area contributed by atoms with Crippen molar-refractivity contribution in [3.05, 3.63) is 11.3 Å². The lowest BCUT2D eigenvalue weighted by atomic mass is 10.0. The van der Waals surface area contributed by atoms with Crippen molar-refractivity contribution in [2.24, 2.45) is 10.7 Å². The molecular formula is C10H15N3O4. The molecule has 7 nitrogen and oxygen atoms in total. The van der Waals surface area contributed by atoms with Gasteiger partial charge in [-0.05, 0) is 6.42 Å². The van der Waals surface area contributed by atoms with Gasteiger partial charge in [0.25, 0.3) is 0 Å². The van der Waals surface area contributed by atoms with E-state index in [4.69, 9.17) is 15.9 Å². The van der Waals surface area contributed by atoms with E-state index in [0.717, 1.165) is 0 Å². The van der Waals surface area contributed by atoms with Gasteiger partial charge in [0.1, 0.15) is 5.57 Å². The van der Waals surface area contributed by atoms with E-state index in [-0.39, 0.29) is 11.3 Å². The number of aliphatic carboxylic acids is 2. The normalized spacial score (nSPS) is 24.1. The van der Waals surface area contributed by atoms with Crippen molar-refractivity contribution in [1.29, 1.82) is 0 Å². The monoisotopic (exact) mass is 241 g/mol. The Bertz CT molecular complexity index is 427. The van der Waals surface area contributed by atoms with Crippen molar-refractivity contribution in [3.63, 3.8) is 0 Å². The Balaban J connectivity index is 3.38. The van der Waals surface area contributed by atoms with Gasteiger partial charge in [-0.1, -0.05) is 13.8 Å². The van der Waals surface area contributed by atoms with Gasteiger partial charge < -0.3 is 15.5 Å². The first-order valence-corrected chi connectivity index (χ1v) is 5.21. The van der Waals surface area contributed by atoms with Crippen molar-refractivity contribution in [2.75, 3.05) is 0 Å². The third kappa shape index (κ3) is 2.44. The summed E-state index contributed by atoms with van der Waals surface area (Å²) in [4.78, 5) is 25.9. The molecule has 0 saturated heterocycles. The molecule has 0 radical (unpaired) electrons. The number of carboxylic acids is 2.